The third-order valence-corrected chi connectivity index (χ3v) is 5.11. The zero-order valence-corrected chi connectivity index (χ0v) is 13.2. The number of nitrogens with one attached hydrogen (secondary N) is 1. The molecule has 3 N–H and O–H groups in total. The quantitative estimate of drug-likeness (QED) is 0.779. The van der Waals surface area contributed by atoms with Crippen LogP contribution in [0.5, 0.6) is 0 Å². The zero-order valence-electron chi connectivity index (χ0n) is 11.5. The van der Waals surface area contributed by atoms with Crippen LogP contribution in [0.15, 0.2) is 0 Å². The fraction of sp³-hybridized carbons (Fsp3) is 0.571. The van der Waals surface area contributed by atoms with Gasteiger partial charge in [-0.25, -0.2) is 0 Å². The minimum atomic E-state index is 0.225. The first kappa shape index (κ1) is 14.3. The average Bonchev–Trinajstić information content (AvgIpc) is 2.62. The van der Waals surface area contributed by atoms with Crippen LogP contribution in [0.4, 0.5) is 5.00 Å². The minimum absolute atomic E-state index is 0.225. The second-order valence-electron chi connectivity index (χ2n) is 6.11. The second kappa shape index (κ2) is 5.10. The van der Waals surface area contributed by atoms with E-state index >= 15 is 0 Å². The fourth-order valence-corrected chi connectivity index (χ4v) is 4.10. The van der Waals surface area contributed by atoms with Crippen LogP contribution < -0.4 is 11.1 Å². The second-order valence-corrected chi connectivity index (χ2v) is 7.66. The molecule has 0 spiro atoms. The van der Waals surface area contributed by atoms with Gasteiger partial charge in [-0.15, -0.1) is 11.3 Å². The van der Waals surface area contributed by atoms with Crippen molar-refractivity contribution in [2.45, 2.75) is 40.0 Å². The number of nitrogens with zero attached hydrogens (tertiary/aromatic N) is 1. The molecule has 1 aliphatic rings. The molecular formula is C14H19N3S2. The summed E-state index contributed by atoms with van der Waals surface area (Å²) in [5, 5.41) is 13.3. The molecule has 0 saturated carbocycles. The Labute approximate surface area is 123 Å². The summed E-state index contributed by atoms with van der Waals surface area (Å²) in [5.74, 6) is 0.669. The van der Waals surface area contributed by atoms with Gasteiger partial charge < -0.3 is 11.1 Å². The highest BCUT2D eigenvalue weighted by atomic mass is 32.1. The number of nitrogens with two attached hydrogens (primary N) is 1. The molecule has 5 heteroatoms. The molecule has 1 heterocycles. The van der Waals surface area contributed by atoms with Crippen molar-refractivity contribution < 1.29 is 0 Å². The molecule has 0 saturated heterocycles. The maximum atomic E-state index is 9.33. The van der Waals surface area contributed by atoms with Gasteiger partial charge in [0.1, 0.15) is 11.1 Å². The standard InChI is InChI=1S/C14H19N3S2/c1-14(2,3)8-4-5-9-10(7-15)12(17-13(16)18)19-11(9)6-8/h8H,4-6H2,1-3H3,(H3,16,17,18). The molecule has 102 valence electrons. The van der Waals surface area contributed by atoms with Crippen LogP contribution in [0.3, 0.4) is 0 Å². The van der Waals surface area contributed by atoms with Crippen molar-refractivity contribution in [2.75, 3.05) is 5.32 Å². The summed E-state index contributed by atoms with van der Waals surface area (Å²) in [4.78, 5) is 1.32. The van der Waals surface area contributed by atoms with Gasteiger partial charge in [0.25, 0.3) is 0 Å². The number of thiocarbonyl (C=S) groups is 1. The molecule has 1 aromatic heterocycles. The largest absolute Gasteiger partial charge is 0.376 e. The molecule has 1 aliphatic carbocycles. The molecule has 0 aliphatic heterocycles. The van der Waals surface area contributed by atoms with E-state index in [1.807, 2.05) is 0 Å². The Hall–Kier alpha value is -1.12. The van der Waals surface area contributed by atoms with Gasteiger partial charge in [-0.2, -0.15) is 5.26 Å². The lowest BCUT2D eigenvalue weighted by Crippen LogP contribution is -2.26. The van der Waals surface area contributed by atoms with Crippen molar-refractivity contribution in [2.24, 2.45) is 17.1 Å². The Morgan fingerprint density at radius 3 is 2.74 bits per heavy atom. The number of thiophene rings is 1. The van der Waals surface area contributed by atoms with E-state index in [1.54, 1.807) is 11.3 Å². The van der Waals surface area contributed by atoms with Gasteiger partial charge in [-0.05, 0) is 48.4 Å². The molecule has 0 radical (unpaired) electrons. The Morgan fingerprint density at radius 2 is 2.21 bits per heavy atom. The van der Waals surface area contributed by atoms with Crippen molar-refractivity contribution in [3.63, 3.8) is 0 Å². The summed E-state index contributed by atoms with van der Waals surface area (Å²) in [6.45, 7) is 6.86. The van der Waals surface area contributed by atoms with Crippen LogP contribution >= 0.6 is 23.6 Å². The lowest BCUT2D eigenvalue weighted by Gasteiger charge is -2.33. The Balaban J connectivity index is 2.34. The monoisotopic (exact) mass is 293 g/mol. The predicted octanol–water partition coefficient (Wildman–Crippen LogP) is 3.43. The number of fused-ring (bicyclic) bond motifs is 1. The third kappa shape index (κ3) is 2.90. The van der Waals surface area contributed by atoms with E-state index < -0.39 is 0 Å². The van der Waals surface area contributed by atoms with E-state index in [9.17, 15) is 5.26 Å². The van der Waals surface area contributed by atoms with Crippen LogP contribution in [0.1, 0.15) is 43.2 Å². The van der Waals surface area contributed by atoms with Gasteiger partial charge in [0.2, 0.25) is 0 Å². The van der Waals surface area contributed by atoms with Crippen LogP contribution in [0.2, 0.25) is 0 Å². The summed E-state index contributed by atoms with van der Waals surface area (Å²) in [6.07, 6.45) is 3.18. The maximum Gasteiger partial charge on any atom is 0.168 e. The van der Waals surface area contributed by atoms with Crippen molar-refractivity contribution in [1.82, 2.24) is 0 Å². The Bertz CT molecular complexity index is 546. The van der Waals surface area contributed by atoms with E-state index in [0.29, 0.717) is 11.3 Å². The molecule has 0 fully saturated rings. The van der Waals surface area contributed by atoms with Crippen LogP contribution in [-0.4, -0.2) is 5.11 Å². The molecule has 19 heavy (non-hydrogen) atoms. The van der Waals surface area contributed by atoms with Crippen molar-refractivity contribution in [3.8, 4) is 6.07 Å². The fourth-order valence-electron chi connectivity index (χ4n) is 2.64. The minimum Gasteiger partial charge on any atom is -0.376 e. The Morgan fingerprint density at radius 1 is 1.53 bits per heavy atom. The summed E-state index contributed by atoms with van der Waals surface area (Å²) in [6, 6.07) is 2.30. The summed E-state index contributed by atoms with van der Waals surface area (Å²) >= 11 is 6.51. The van der Waals surface area contributed by atoms with Gasteiger partial charge in [0.05, 0.1) is 5.56 Å². The predicted molar refractivity (Wildman–Crippen MR) is 84.4 cm³/mol. The first-order valence-corrected chi connectivity index (χ1v) is 7.66. The first-order valence-electron chi connectivity index (χ1n) is 6.44. The summed E-state index contributed by atoms with van der Waals surface area (Å²) in [5.41, 5.74) is 7.77. The van der Waals surface area contributed by atoms with Crippen LogP contribution in [-0.2, 0) is 12.8 Å². The topological polar surface area (TPSA) is 61.8 Å². The highest BCUT2D eigenvalue weighted by Crippen LogP contribution is 2.43. The molecule has 1 aromatic rings. The SMILES string of the molecule is CC(C)(C)C1CCc2c(sc(NC(N)=S)c2C#N)C1. The van der Waals surface area contributed by atoms with E-state index in [0.717, 1.165) is 29.8 Å². The molecule has 1 unspecified atom stereocenters. The number of hydrogen-bond acceptors (Lipinski definition) is 3. The normalized spacial score (nSPS) is 18.5. The van der Waals surface area contributed by atoms with E-state index in [2.05, 4.69) is 32.2 Å². The van der Waals surface area contributed by atoms with Crippen molar-refractivity contribution >= 4 is 33.7 Å². The van der Waals surface area contributed by atoms with E-state index in [1.165, 1.54) is 10.4 Å². The average molecular weight is 293 g/mol. The van der Waals surface area contributed by atoms with E-state index in [4.69, 9.17) is 18.0 Å². The number of anilines is 1. The molecule has 1 atom stereocenters. The molecule has 0 amide bonds. The lowest BCUT2D eigenvalue weighted by atomic mass is 9.72. The lowest BCUT2D eigenvalue weighted by molar-refractivity contribution is 0.218. The smallest absolute Gasteiger partial charge is 0.168 e. The molecule has 0 bridgehead atoms. The van der Waals surface area contributed by atoms with Crippen molar-refractivity contribution in [1.29, 1.82) is 5.26 Å². The van der Waals surface area contributed by atoms with Gasteiger partial charge in [0, 0.05) is 4.88 Å². The molecule has 2 rings (SSSR count). The van der Waals surface area contributed by atoms with Gasteiger partial charge in [0.15, 0.2) is 5.11 Å². The zero-order chi connectivity index (χ0) is 14.2. The van der Waals surface area contributed by atoms with Crippen LogP contribution in [0.25, 0.3) is 0 Å². The van der Waals surface area contributed by atoms with Gasteiger partial charge >= 0.3 is 0 Å². The number of rotatable bonds is 1. The van der Waals surface area contributed by atoms with E-state index in [-0.39, 0.29) is 5.11 Å². The molecular weight excluding hydrogens is 274 g/mol. The maximum absolute atomic E-state index is 9.33. The van der Waals surface area contributed by atoms with Crippen LogP contribution in [0, 0.1) is 22.7 Å². The third-order valence-electron chi connectivity index (χ3n) is 3.84. The van der Waals surface area contributed by atoms with Gasteiger partial charge in [-0.1, -0.05) is 20.8 Å². The highest BCUT2D eigenvalue weighted by molar-refractivity contribution is 7.80. The highest BCUT2D eigenvalue weighted by Gasteiger charge is 2.32. The van der Waals surface area contributed by atoms with Gasteiger partial charge in [-0.3, -0.25) is 0 Å². The molecule has 0 aromatic carbocycles. The number of hydrogen-bond donors (Lipinski definition) is 2. The Kier molecular flexibility index (Phi) is 3.84. The summed E-state index contributed by atoms with van der Waals surface area (Å²) in [7, 11) is 0. The first-order chi connectivity index (χ1) is 8.82. The number of nitriles is 1. The molecule has 3 nitrogen and oxygen atoms in total. The van der Waals surface area contributed by atoms with Crippen molar-refractivity contribution in [3.05, 3.63) is 16.0 Å². The summed E-state index contributed by atoms with van der Waals surface area (Å²) < 4.78 is 0.